The first-order chi connectivity index (χ1) is 15.7. The average molecular weight is 501 g/mol. The molecule has 8 N–H and O–H groups in total. The smallest absolute Gasteiger partial charge is 0.384 e. The van der Waals surface area contributed by atoms with Gasteiger partial charge in [-0.05, 0) is 40.2 Å². The Morgan fingerprint density at radius 3 is 2.76 bits per heavy atom. The number of nitrogen functional groups attached to an aromatic ring is 1. The van der Waals surface area contributed by atoms with E-state index in [4.69, 9.17) is 15.0 Å². The van der Waals surface area contributed by atoms with Crippen molar-refractivity contribution in [1.82, 2.24) is 29.9 Å². The molecule has 16 heteroatoms. The number of imidazole rings is 1. The number of carbonyl (C=O) groups is 1. The van der Waals surface area contributed by atoms with Crippen LogP contribution in [0.5, 0.6) is 0 Å². The number of hydrogen-bond acceptors (Lipinski definition) is 11. The van der Waals surface area contributed by atoms with Gasteiger partial charge >= 0.3 is 13.4 Å². The second-order valence-corrected chi connectivity index (χ2v) is 10.6. The lowest BCUT2D eigenvalue weighted by Crippen LogP contribution is -2.60. The largest absolute Gasteiger partial charge is 0.432 e. The summed E-state index contributed by atoms with van der Waals surface area (Å²) in [6.07, 6.45) is 0.889. The van der Waals surface area contributed by atoms with Crippen LogP contribution >= 0.6 is 7.75 Å². The maximum atomic E-state index is 12.7. The number of rotatable bonds is 6. The van der Waals surface area contributed by atoms with Crippen LogP contribution in [0.25, 0.3) is 11.2 Å². The molecule has 6 atom stereocenters. The number of aromatic amines is 1. The average Bonchev–Trinajstić information content (AvgIpc) is 3.41. The fourth-order valence-electron chi connectivity index (χ4n) is 4.27. The van der Waals surface area contributed by atoms with Gasteiger partial charge in [0.1, 0.15) is 28.6 Å². The summed E-state index contributed by atoms with van der Waals surface area (Å²) < 4.78 is 24.5. The molecule has 34 heavy (non-hydrogen) atoms. The van der Waals surface area contributed by atoms with E-state index >= 15 is 0 Å². The predicted molar refractivity (Wildman–Crippen MR) is 117 cm³/mol. The van der Waals surface area contributed by atoms with Crippen molar-refractivity contribution in [3.05, 3.63) is 16.8 Å². The van der Waals surface area contributed by atoms with Gasteiger partial charge in [-0.1, -0.05) is 0 Å². The van der Waals surface area contributed by atoms with Crippen LogP contribution in [-0.4, -0.2) is 76.5 Å². The van der Waals surface area contributed by atoms with E-state index in [0.717, 1.165) is 17.3 Å². The molecule has 15 nitrogen and oxygen atoms in total. The van der Waals surface area contributed by atoms with Crippen LogP contribution in [0.1, 0.15) is 39.8 Å². The summed E-state index contributed by atoms with van der Waals surface area (Å²) in [7, 11) is -4.65. The van der Waals surface area contributed by atoms with Gasteiger partial charge in [0, 0.05) is 0 Å². The summed E-state index contributed by atoms with van der Waals surface area (Å²) in [5.74, 6) is -0.704. The number of anilines is 1. The fourth-order valence-corrected chi connectivity index (χ4v) is 5.19. The third kappa shape index (κ3) is 3.82. The van der Waals surface area contributed by atoms with Crippen molar-refractivity contribution in [2.45, 2.75) is 62.7 Å². The molecular weight excluding hydrogens is 473 g/mol. The van der Waals surface area contributed by atoms with Crippen LogP contribution in [0, 0.1) is 0 Å². The van der Waals surface area contributed by atoms with E-state index in [-0.39, 0.29) is 17.0 Å². The number of ether oxygens (including phenoxy) is 1. The molecule has 188 valence electrons. The number of amides is 1. The number of nitrogens with zero attached hydrogens (tertiary/aromatic N) is 3. The van der Waals surface area contributed by atoms with Crippen molar-refractivity contribution in [3.63, 3.8) is 0 Å². The van der Waals surface area contributed by atoms with Gasteiger partial charge in [0.25, 0.3) is 0 Å². The topological polar surface area (TPSA) is 227 Å². The molecule has 2 saturated heterocycles. The highest BCUT2D eigenvalue weighted by Crippen LogP contribution is 2.53. The second-order valence-electron chi connectivity index (χ2n) is 9.10. The van der Waals surface area contributed by atoms with Crippen LogP contribution in [0.4, 0.5) is 5.82 Å². The number of nitrogens with two attached hydrogens (primary N) is 1. The van der Waals surface area contributed by atoms with Crippen molar-refractivity contribution >= 4 is 30.6 Å². The number of aliphatic hydroxyl groups is 2. The van der Waals surface area contributed by atoms with E-state index in [2.05, 4.69) is 20.3 Å². The lowest BCUT2D eigenvalue weighted by atomic mass is 9.76. The Balaban J connectivity index is 1.60. The van der Waals surface area contributed by atoms with Crippen molar-refractivity contribution in [3.8, 4) is 0 Å². The van der Waals surface area contributed by atoms with E-state index < -0.39 is 55.0 Å². The molecule has 0 bridgehead atoms. The monoisotopic (exact) mass is 501 g/mol. The minimum atomic E-state index is -4.65. The van der Waals surface area contributed by atoms with Crippen LogP contribution in [0.3, 0.4) is 0 Å². The Kier molecular flexibility index (Phi) is 5.88. The normalized spacial score (nSPS) is 35.5. The Bertz CT molecular complexity index is 1220. The molecule has 0 spiro atoms. The van der Waals surface area contributed by atoms with Gasteiger partial charge in [-0.15, -0.1) is 0 Å². The summed E-state index contributed by atoms with van der Waals surface area (Å²) in [4.78, 5) is 45.4. The minimum absolute atomic E-state index is 0.00921. The Labute approximate surface area is 193 Å². The zero-order chi connectivity index (χ0) is 25.1. The third-order valence-electron chi connectivity index (χ3n) is 6.78. The third-order valence-corrected chi connectivity index (χ3v) is 7.76. The lowest BCUT2D eigenvalue weighted by molar-refractivity contribution is -0.159. The van der Waals surface area contributed by atoms with Crippen LogP contribution < -0.4 is 21.8 Å². The van der Waals surface area contributed by atoms with E-state index in [1.165, 1.54) is 20.8 Å². The lowest BCUT2D eigenvalue weighted by Gasteiger charge is -2.40. The van der Waals surface area contributed by atoms with Crippen LogP contribution in [0.2, 0.25) is 0 Å². The fraction of sp³-hybridized carbons (Fsp3) is 0.667. The molecule has 4 heterocycles. The second kappa shape index (κ2) is 8.09. The standard InChI is InChI=1S/C18H28N7O8P/c1-16(7-32-34(30,31)24-13(26)9-5-4-6-20-9)18(3,29)17(2,28)14(33-16)25-12-10(23-15(25)27)11(19)21-8-22-12/h8-9,14,20,28-29H,4-7H2,1-3H3,(H,23,27)(H2,19,21,22)(H2,24,26,30,31). The van der Waals surface area contributed by atoms with E-state index in [9.17, 15) is 29.3 Å². The Morgan fingerprint density at radius 2 is 2.12 bits per heavy atom. The van der Waals surface area contributed by atoms with Crippen LogP contribution in [0.15, 0.2) is 11.1 Å². The van der Waals surface area contributed by atoms with Crippen molar-refractivity contribution < 1.29 is 33.7 Å². The molecule has 2 aromatic rings. The molecule has 0 saturated carbocycles. The van der Waals surface area contributed by atoms with Gasteiger partial charge in [0.05, 0.1) is 12.6 Å². The highest BCUT2D eigenvalue weighted by atomic mass is 31.2. The SMILES string of the molecule is CC1(COP(=O)(O)NC(=O)C2CCCN2)OC(n2c(=O)[nH]c3c(N)ncnc32)C(C)(O)C1(C)O. The number of hydrogen-bond donors (Lipinski definition) is 7. The van der Waals surface area contributed by atoms with Gasteiger partial charge in [-0.2, -0.15) is 0 Å². The summed E-state index contributed by atoms with van der Waals surface area (Å²) in [5.41, 5.74) is -0.847. The van der Waals surface area contributed by atoms with Gasteiger partial charge in [-0.25, -0.2) is 23.9 Å². The van der Waals surface area contributed by atoms with Gasteiger partial charge in [0.2, 0.25) is 5.91 Å². The first kappa shape index (κ1) is 24.7. The maximum absolute atomic E-state index is 12.7. The highest BCUT2D eigenvalue weighted by Gasteiger charge is 2.68. The quantitative estimate of drug-likeness (QED) is 0.224. The zero-order valence-corrected chi connectivity index (χ0v) is 19.7. The zero-order valence-electron chi connectivity index (χ0n) is 18.8. The molecule has 6 unspecified atom stereocenters. The number of nitrogens with one attached hydrogen (secondary N) is 3. The van der Waals surface area contributed by atoms with Crippen LogP contribution in [-0.2, 0) is 18.6 Å². The maximum Gasteiger partial charge on any atom is 0.432 e. The summed E-state index contributed by atoms with van der Waals surface area (Å²) >= 11 is 0. The van der Waals surface area contributed by atoms with Gasteiger partial charge < -0.3 is 35.9 Å². The number of aromatic nitrogens is 4. The van der Waals surface area contributed by atoms with E-state index in [1.54, 1.807) is 0 Å². The van der Waals surface area contributed by atoms with E-state index in [0.29, 0.717) is 13.0 Å². The molecule has 2 aromatic heterocycles. The predicted octanol–water partition coefficient (Wildman–Crippen LogP) is -1.52. The highest BCUT2D eigenvalue weighted by molar-refractivity contribution is 7.51. The number of fused-ring (bicyclic) bond motifs is 1. The molecule has 0 aromatic carbocycles. The summed E-state index contributed by atoms with van der Waals surface area (Å²) in [6.45, 7) is 3.72. The molecule has 2 aliphatic heterocycles. The number of H-pyrrole nitrogens is 1. The van der Waals surface area contributed by atoms with E-state index in [1.807, 2.05) is 5.09 Å². The molecule has 1 amide bonds. The Morgan fingerprint density at radius 1 is 1.41 bits per heavy atom. The number of carbonyl (C=O) groups excluding carboxylic acids is 1. The molecular formula is C18H28N7O8P. The first-order valence-corrected chi connectivity index (χ1v) is 12.1. The molecule has 2 aliphatic rings. The molecule has 2 fully saturated rings. The Hall–Kier alpha value is -2.39. The molecule has 0 aliphatic carbocycles. The van der Waals surface area contributed by atoms with Crippen molar-refractivity contribution in [1.29, 1.82) is 0 Å². The van der Waals surface area contributed by atoms with Gasteiger partial charge in [-0.3, -0.25) is 14.4 Å². The summed E-state index contributed by atoms with van der Waals surface area (Å²) in [6, 6.07) is -0.612. The van der Waals surface area contributed by atoms with Crippen molar-refractivity contribution in [2.75, 3.05) is 18.9 Å². The van der Waals surface area contributed by atoms with Crippen molar-refractivity contribution in [2.24, 2.45) is 0 Å². The van der Waals surface area contributed by atoms with Gasteiger partial charge in [0.15, 0.2) is 17.7 Å². The first-order valence-electron chi connectivity index (χ1n) is 10.6. The summed E-state index contributed by atoms with van der Waals surface area (Å²) in [5, 5.41) is 27.4. The minimum Gasteiger partial charge on any atom is -0.384 e. The molecule has 4 rings (SSSR count). The molecule has 0 radical (unpaired) electrons.